The van der Waals surface area contributed by atoms with E-state index < -0.39 is 0 Å². The van der Waals surface area contributed by atoms with Crippen LogP contribution in [0.15, 0.2) is 24.3 Å². The number of hydrogen-bond donors (Lipinski definition) is 2. The van der Waals surface area contributed by atoms with Crippen molar-refractivity contribution in [2.75, 3.05) is 19.8 Å². The zero-order valence-corrected chi connectivity index (χ0v) is 11.2. The summed E-state index contributed by atoms with van der Waals surface area (Å²) >= 11 is 0. The van der Waals surface area contributed by atoms with Gasteiger partial charge in [-0.1, -0.05) is 24.3 Å². The third-order valence-corrected chi connectivity index (χ3v) is 4.05. The Hall–Kier alpha value is -1.39. The van der Waals surface area contributed by atoms with E-state index in [0.29, 0.717) is 13.2 Å². The monoisotopic (exact) mass is 260 g/mol. The highest BCUT2D eigenvalue weighted by molar-refractivity contribution is 5.85. The van der Waals surface area contributed by atoms with Crippen LogP contribution in [-0.4, -0.2) is 31.2 Å². The molecule has 2 heterocycles. The van der Waals surface area contributed by atoms with Crippen molar-refractivity contribution < 1.29 is 9.53 Å². The van der Waals surface area contributed by atoms with Gasteiger partial charge in [0.25, 0.3) is 0 Å². The number of carbonyl (C=O) groups excluding carboxylic acids is 1. The van der Waals surface area contributed by atoms with Gasteiger partial charge in [0.1, 0.15) is 0 Å². The molecule has 102 valence electrons. The maximum Gasteiger partial charge on any atom is 0.229 e. The highest BCUT2D eigenvalue weighted by atomic mass is 16.5. The lowest BCUT2D eigenvalue weighted by molar-refractivity contribution is -0.124. The number of nitrogens with one attached hydrogen (secondary N) is 2. The van der Waals surface area contributed by atoms with E-state index in [2.05, 4.69) is 29.7 Å². The summed E-state index contributed by atoms with van der Waals surface area (Å²) in [4.78, 5) is 12.5. The smallest absolute Gasteiger partial charge is 0.229 e. The van der Waals surface area contributed by atoms with Crippen LogP contribution in [0.2, 0.25) is 0 Å². The molecule has 0 aromatic heterocycles. The minimum absolute atomic E-state index is 0.0950. The van der Waals surface area contributed by atoms with Crippen LogP contribution in [0.1, 0.15) is 30.4 Å². The van der Waals surface area contributed by atoms with Gasteiger partial charge in [0.05, 0.1) is 18.1 Å². The van der Waals surface area contributed by atoms with Gasteiger partial charge in [0.2, 0.25) is 5.91 Å². The van der Waals surface area contributed by atoms with Crippen LogP contribution in [0.4, 0.5) is 0 Å². The van der Waals surface area contributed by atoms with E-state index in [1.807, 2.05) is 12.1 Å². The Morgan fingerprint density at radius 2 is 2.32 bits per heavy atom. The van der Waals surface area contributed by atoms with Crippen molar-refractivity contribution in [3.8, 4) is 0 Å². The number of carbonyl (C=O) groups is 1. The molecule has 0 aliphatic carbocycles. The minimum atomic E-state index is -0.205. The lowest BCUT2D eigenvalue weighted by Gasteiger charge is -2.30. The van der Waals surface area contributed by atoms with Gasteiger partial charge in [-0.2, -0.15) is 0 Å². The topological polar surface area (TPSA) is 50.4 Å². The van der Waals surface area contributed by atoms with Crippen LogP contribution in [-0.2, 0) is 16.1 Å². The first-order chi connectivity index (χ1) is 9.18. The first-order valence-corrected chi connectivity index (χ1v) is 6.86. The summed E-state index contributed by atoms with van der Waals surface area (Å²) in [5, 5.41) is 6.48. The molecule has 0 spiro atoms. The quantitative estimate of drug-likeness (QED) is 0.839. The summed E-state index contributed by atoms with van der Waals surface area (Å²) < 4.78 is 5.39. The molecular weight excluding hydrogens is 240 g/mol. The van der Waals surface area contributed by atoms with E-state index in [0.717, 1.165) is 25.1 Å². The molecule has 2 aliphatic rings. The molecule has 1 amide bonds. The molecule has 4 heteroatoms. The van der Waals surface area contributed by atoms with Gasteiger partial charge in [-0.15, -0.1) is 0 Å². The third-order valence-electron chi connectivity index (χ3n) is 4.05. The lowest BCUT2D eigenvalue weighted by Crippen LogP contribution is -2.50. The van der Waals surface area contributed by atoms with Crippen LogP contribution in [0.5, 0.6) is 0 Å². The van der Waals surface area contributed by atoms with Crippen molar-refractivity contribution in [3.63, 3.8) is 0 Å². The second kappa shape index (κ2) is 4.94. The second-order valence-electron chi connectivity index (χ2n) is 5.73. The Balaban J connectivity index is 1.78. The van der Waals surface area contributed by atoms with E-state index in [1.54, 1.807) is 0 Å². The SMILES string of the molecule is CC1(NC(=O)C2CNCc3ccccc32)CCOC1. The van der Waals surface area contributed by atoms with Crippen molar-refractivity contribution in [1.82, 2.24) is 10.6 Å². The maximum absolute atomic E-state index is 12.5. The van der Waals surface area contributed by atoms with Crippen molar-refractivity contribution in [2.24, 2.45) is 0 Å². The fourth-order valence-electron chi connectivity index (χ4n) is 2.88. The van der Waals surface area contributed by atoms with Crippen molar-refractivity contribution >= 4 is 5.91 Å². The van der Waals surface area contributed by atoms with Crippen molar-refractivity contribution in [1.29, 1.82) is 0 Å². The van der Waals surface area contributed by atoms with Crippen molar-refractivity contribution in [3.05, 3.63) is 35.4 Å². The van der Waals surface area contributed by atoms with Crippen LogP contribution in [0.3, 0.4) is 0 Å². The summed E-state index contributed by atoms with van der Waals surface area (Å²) in [5.74, 6) is 0.00928. The van der Waals surface area contributed by atoms with Gasteiger partial charge in [-0.25, -0.2) is 0 Å². The summed E-state index contributed by atoms with van der Waals surface area (Å²) in [5.41, 5.74) is 2.17. The van der Waals surface area contributed by atoms with E-state index in [9.17, 15) is 4.79 Å². The highest BCUT2D eigenvalue weighted by Gasteiger charge is 2.35. The summed E-state index contributed by atoms with van der Waals surface area (Å²) in [7, 11) is 0. The standard InChI is InChI=1S/C15H20N2O2/c1-15(6-7-19-10-15)17-14(18)13-9-16-8-11-4-2-3-5-12(11)13/h2-5,13,16H,6-10H2,1H3,(H,17,18). The highest BCUT2D eigenvalue weighted by Crippen LogP contribution is 2.26. The average Bonchev–Trinajstić information content (AvgIpc) is 2.84. The summed E-state index contributed by atoms with van der Waals surface area (Å²) in [6.45, 7) is 4.96. The van der Waals surface area contributed by atoms with E-state index in [1.165, 1.54) is 5.56 Å². The number of amides is 1. The van der Waals surface area contributed by atoms with Gasteiger partial charge < -0.3 is 15.4 Å². The fraction of sp³-hybridized carbons (Fsp3) is 0.533. The molecule has 2 atom stereocenters. The molecule has 0 saturated carbocycles. The predicted molar refractivity (Wildman–Crippen MR) is 72.9 cm³/mol. The first-order valence-electron chi connectivity index (χ1n) is 6.86. The van der Waals surface area contributed by atoms with Gasteiger partial charge in [-0.3, -0.25) is 4.79 Å². The molecule has 2 unspecified atom stereocenters. The molecule has 2 N–H and O–H groups in total. The Labute approximate surface area is 113 Å². The Kier molecular flexibility index (Phi) is 3.29. The van der Waals surface area contributed by atoms with Gasteiger partial charge in [0.15, 0.2) is 0 Å². The van der Waals surface area contributed by atoms with E-state index in [-0.39, 0.29) is 17.4 Å². The molecule has 1 saturated heterocycles. The Morgan fingerprint density at radius 3 is 3.11 bits per heavy atom. The predicted octanol–water partition coefficient (Wildman–Crippen LogP) is 1.17. The molecule has 1 aromatic rings. The van der Waals surface area contributed by atoms with Crippen molar-refractivity contribution in [2.45, 2.75) is 31.3 Å². The fourth-order valence-corrected chi connectivity index (χ4v) is 2.88. The Bertz CT molecular complexity index is 481. The van der Waals surface area contributed by atoms with E-state index >= 15 is 0 Å². The van der Waals surface area contributed by atoms with Gasteiger partial charge >= 0.3 is 0 Å². The molecule has 0 radical (unpaired) electrons. The molecule has 1 aromatic carbocycles. The number of ether oxygens (including phenoxy) is 1. The number of rotatable bonds is 2. The third kappa shape index (κ3) is 2.51. The zero-order chi connectivity index (χ0) is 13.3. The van der Waals surface area contributed by atoms with Crippen LogP contribution in [0, 0.1) is 0 Å². The van der Waals surface area contributed by atoms with Crippen LogP contribution >= 0.6 is 0 Å². The number of hydrogen-bond acceptors (Lipinski definition) is 3. The van der Waals surface area contributed by atoms with Gasteiger partial charge in [-0.05, 0) is 24.5 Å². The maximum atomic E-state index is 12.5. The molecular formula is C15H20N2O2. The van der Waals surface area contributed by atoms with E-state index in [4.69, 9.17) is 4.74 Å². The molecule has 2 aliphatic heterocycles. The Morgan fingerprint density at radius 1 is 1.47 bits per heavy atom. The summed E-state index contributed by atoms with van der Waals surface area (Å²) in [6, 6.07) is 8.17. The molecule has 19 heavy (non-hydrogen) atoms. The first kappa shape index (κ1) is 12.6. The van der Waals surface area contributed by atoms with Crippen LogP contribution in [0.25, 0.3) is 0 Å². The molecule has 3 rings (SSSR count). The molecule has 1 fully saturated rings. The lowest BCUT2D eigenvalue weighted by atomic mass is 9.89. The van der Waals surface area contributed by atoms with Gasteiger partial charge in [0, 0.05) is 19.7 Å². The summed E-state index contributed by atoms with van der Waals surface area (Å²) in [6.07, 6.45) is 0.889. The average molecular weight is 260 g/mol. The van der Waals surface area contributed by atoms with Crippen LogP contribution < -0.4 is 10.6 Å². The number of fused-ring (bicyclic) bond motifs is 1. The largest absolute Gasteiger partial charge is 0.379 e. The number of benzene rings is 1. The molecule has 4 nitrogen and oxygen atoms in total. The molecule has 0 bridgehead atoms. The zero-order valence-electron chi connectivity index (χ0n) is 11.2. The normalized spacial score (nSPS) is 29.8. The second-order valence-corrected chi connectivity index (χ2v) is 5.73. The minimum Gasteiger partial charge on any atom is -0.379 e.